The number of hydrogen-bond donors (Lipinski definition) is 2. The maximum Gasteiger partial charge on any atom is 0.307 e. The molecule has 4 saturated carbocycles. The molecule has 0 bridgehead atoms. The van der Waals surface area contributed by atoms with Crippen molar-refractivity contribution in [1.29, 1.82) is 0 Å². The summed E-state index contributed by atoms with van der Waals surface area (Å²) in [7, 11) is -8.00. The molecule has 116 heavy (non-hydrogen) atoms. The Bertz CT molecular complexity index is 4560. The number of hydrogen-bond acceptors (Lipinski definition) is 20. The molecule has 6 aliphatic heterocycles. The fourth-order valence-electron chi connectivity index (χ4n) is 17.6. The van der Waals surface area contributed by atoms with E-state index in [1.54, 1.807) is 26.2 Å². The molecule has 2 saturated heterocycles. The number of nitrogens with zero attached hydrogens (tertiary/aromatic N) is 4. The van der Waals surface area contributed by atoms with Crippen molar-refractivity contribution in [2.75, 3.05) is 26.3 Å². The van der Waals surface area contributed by atoms with Crippen molar-refractivity contribution in [1.82, 2.24) is 29.2 Å². The summed E-state index contributed by atoms with van der Waals surface area (Å²) in [6.07, 6.45) is 15.4. The highest BCUT2D eigenvalue weighted by molar-refractivity contribution is 7.92. The molecular formula is C86H110F4N6O18S2. The first-order valence-corrected chi connectivity index (χ1v) is 44.0. The Kier molecular flexibility index (Phi) is 23.5. The van der Waals surface area contributed by atoms with E-state index in [4.69, 9.17) is 28.4 Å². The number of nitrogens with one attached hydrogen (secondary N) is 2. The molecule has 24 nitrogen and oxygen atoms in total. The summed E-state index contributed by atoms with van der Waals surface area (Å²) < 4.78 is 149. The van der Waals surface area contributed by atoms with E-state index in [0.717, 1.165) is 73.9 Å². The van der Waals surface area contributed by atoms with Crippen LogP contribution in [0, 0.1) is 58.2 Å². The number of alkyl halides is 4. The van der Waals surface area contributed by atoms with Gasteiger partial charge in [0, 0.05) is 86.3 Å². The molecule has 2 aromatic carbocycles. The Hall–Kier alpha value is -8.28. The van der Waals surface area contributed by atoms with Gasteiger partial charge in [0.05, 0.1) is 83.4 Å². The van der Waals surface area contributed by atoms with Gasteiger partial charge < -0.3 is 38.2 Å². The number of allylic oxidation sites excluding steroid dienone is 4. The zero-order valence-electron chi connectivity index (χ0n) is 68.3. The number of benzene rings is 2. The van der Waals surface area contributed by atoms with Crippen LogP contribution in [0.25, 0.3) is 21.5 Å². The van der Waals surface area contributed by atoms with Crippen molar-refractivity contribution in [3.05, 3.63) is 84.2 Å². The molecular weight excluding hydrogens is 1550 g/mol. The highest BCUT2D eigenvalue weighted by Crippen LogP contribution is 2.60. The topological polar surface area (TPSA) is 317 Å². The van der Waals surface area contributed by atoms with Crippen LogP contribution in [0.3, 0.4) is 0 Å². The fraction of sp³-hybridized carbons (Fsp3) is 0.651. The van der Waals surface area contributed by atoms with Crippen LogP contribution in [-0.2, 0) is 80.7 Å². The Morgan fingerprint density at radius 3 is 1.27 bits per heavy atom. The minimum Gasteiger partial charge on any atom is -0.492 e. The number of Topliss-reactive ketones (excluding diaryl/α,β-unsaturated/α-hetero) is 2. The molecule has 14 rings (SSSR count). The van der Waals surface area contributed by atoms with Crippen molar-refractivity contribution < 1.29 is 101 Å². The molecule has 2 aromatic heterocycles. The second-order valence-corrected chi connectivity index (χ2v) is 41.1. The summed E-state index contributed by atoms with van der Waals surface area (Å²) in [5.74, 6) is -13.5. The van der Waals surface area contributed by atoms with E-state index in [2.05, 4.69) is 19.4 Å². The van der Waals surface area contributed by atoms with Crippen LogP contribution in [-0.4, -0.2) is 167 Å². The summed E-state index contributed by atoms with van der Waals surface area (Å²) in [5.41, 5.74) is -4.82. The van der Waals surface area contributed by atoms with Crippen molar-refractivity contribution >= 4 is 88.7 Å². The maximum absolute atomic E-state index is 14.9. The minimum atomic E-state index is -4.00. The van der Waals surface area contributed by atoms with E-state index in [9.17, 15) is 72.8 Å². The van der Waals surface area contributed by atoms with Gasteiger partial charge in [0.2, 0.25) is 55.4 Å². The predicted octanol–water partition coefficient (Wildman–Crippen LogP) is 13.0. The van der Waals surface area contributed by atoms with Crippen LogP contribution in [0.4, 0.5) is 17.6 Å². The van der Waals surface area contributed by atoms with Crippen molar-refractivity contribution in [3.8, 4) is 23.3 Å². The molecule has 4 amide bonds. The number of aromatic nitrogens is 2. The van der Waals surface area contributed by atoms with Gasteiger partial charge in [-0.15, -0.1) is 0 Å². The van der Waals surface area contributed by atoms with Crippen LogP contribution in [0.15, 0.2) is 73.1 Å². The Balaban J connectivity index is 0.000000202. The standard InChI is InChI=1S/2C43H55F2N3O9S/c2*1-25-9-7-8-10-28-22-43(28,39(52)47-58(53,54)41(5)15-16-41)23-34(49)33-20-29(56-37-31-12-11-27-14-18-55-36(27)30(31)13-17-46-37)24-48(33)38(51)32(26(2)19-25)21-35(50)57-40(3,4)42(6,44)45/h2*8,10-13,17,25-26,28-29,32-33H,7,9,14-16,18-24H2,1-6H3,(H,47,52)/b2*10-8-/t25-,26+,28+,29+,32-,33-,43+;25-,26-,28-,29-,32+,33+,43-/m01/s1. The number of pyridine rings is 2. The number of amides is 4. The highest BCUT2D eigenvalue weighted by atomic mass is 32.2. The van der Waals surface area contributed by atoms with E-state index in [1.165, 1.54) is 9.80 Å². The minimum absolute atomic E-state index is 0.0374. The zero-order chi connectivity index (χ0) is 84.0. The van der Waals surface area contributed by atoms with Crippen LogP contribution in [0.2, 0.25) is 0 Å². The van der Waals surface area contributed by atoms with E-state index in [-0.39, 0.29) is 87.0 Å². The highest BCUT2D eigenvalue weighted by Gasteiger charge is 2.65. The van der Waals surface area contributed by atoms with Crippen LogP contribution in [0.5, 0.6) is 23.3 Å². The number of carbonyl (C=O) groups is 8. The monoisotopic (exact) mass is 1650 g/mol. The molecule has 0 unspecified atom stereocenters. The largest absolute Gasteiger partial charge is 0.492 e. The van der Waals surface area contributed by atoms with Crippen molar-refractivity contribution in [3.63, 3.8) is 0 Å². The molecule has 0 radical (unpaired) electrons. The number of fused-ring (bicyclic) bond motifs is 10. The summed E-state index contributed by atoms with van der Waals surface area (Å²) in [5, 5.41) is 3.02. The lowest BCUT2D eigenvalue weighted by molar-refractivity contribution is -0.197. The van der Waals surface area contributed by atoms with Gasteiger partial charge >= 0.3 is 11.9 Å². The number of ether oxygens (including phenoxy) is 6. The van der Waals surface area contributed by atoms with Gasteiger partial charge in [0.1, 0.15) is 23.7 Å². The SMILES string of the molecule is C[C@@H]1CC/C=C\[C@@H]2C[C@@]2(C(=O)NS(=O)(=O)C2(C)CC2)CC(=O)[C@@H]2C[C@@H](Oc3nccc4c5c(ccc34)CCO5)CN2C(=O)[C@@H](CC(=O)OC(C)(C)C(C)(F)F)[C@H](C)C1.C[C@H]1CC/C=C\[C@@H]2C[C@@]2(C(=O)NS(=O)(=O)C2(C)CC2)CC(=O)[C@@H]2C[C@@H](Oc3nccc4c5c(ccc34)CCO5)CN2C(=O)[C@@H](CC(=O)OC(C)(C)C(C)(F)F)[C@H](C)C1. The first kappa shape index (κ1) is 85.6. The number of carbonyl (C=O) groups excluding carboxylic acids is 8. The number of halogens is 4. The third-order valence-corrected chi connectivity index (χ3v) is 31.2. The fourth-order valence-corrected chi connectivity index (χ4v) is 20.3. The molecule has 2 N–H and O–H groups in total. The number of rotatable bonds is 18. The van der Waals surface area contributed by atoms with Gasteiger partial charge in [-0.05, 0) is 189 Å². The lowest BCUT2D eigenvalue weighted by Gasteiger charge is -2.34. The summed E-state index contributed by atoms with van der Waals surface area (Å²) in [6.45, 7) is 17.7. The van der Waals surface area contributed by atoms with Gasteiger partial charge in [0.25, 0.3) is 11.8 Å². The Morgan fingerprint density at radius 1 is 0.543 bits per heavy atom. The van der Waals surface area contributed by atoms with Crippen LogP contribution < -0.4 is 28.4 Å². The van der Waals surface area contributed by atoms with E-state index < -0.39 is 171 Å². The summed E-state index contributed by atoms with van der Waals surface area (Å²) in [4.78, 5) is 126. The first-order valence-electron chi connectivity index (χ1n) is 41.0. The molecule has 30 heteroatoms. The Labute approximate surface area is 675 Å². The molecule has 10 aliphatic rings. The van der Waals surface area contributed by atoms with E-state index in [0.29, 0.717) is 102 Å². The lowest BCUT2D eigenvalue weighted by Crippen LogP contribution is -2.49. The quantitative estimate of drug-likeness (QED) is 0.0531. The third-order valence-electron chi connectivity index (χ3n) is 26.9. The molecule has 4 aromatic rings. The average Bonchev–Trinajstić information content (AvgIpc) is 1.56. The lowest BCUT2D eigenvalue weighted by atomic mass is 9.82. The Morgan fingerprint density at radius 2 is 0.914 bits per heavy atom. The molecule has 4 aliphatic carbocycles. The summed E-state index contributed by atoms with van der Waals surface area (Å²) >= 11 is 0. The van der Waals surface area contributed by atoms with Gasteiger partial charge in [-0.25, -0.2) is 44.4 Å². The molecule has 14 atom stereocenters. The zero-order valence-corrected chi connectivity index (χ0v) is 69.9. The normalized spacial score (nSPS) is 30.5. The second kappa shape index (κ2) is 31.8. The number of sulfonamides is 2. The molecule has 6 fully saturated rings. The molecule has 8 heterocycles. The van der Waals surface area contributed by atoms with Crippen LogP contribution in [0.1, 0.15) is 210 Å². The maximum atomic E-state index is 14.9. The number of ketones is 2. The van der Waals surface area contributed by atoms with Gasteiger partial charge in [-0.1, -0.05) is 64.1 Å². The second-order valence-electron chi connectivity index (χ2n) is 36.7. The first-order chi connectivity index (χ1) is 54.3. The van der Waals surface area contributed by atoms with Gasteiger partial charge in [0.15, 0.2) is 22.8 Å². The van der Waals surface area contributed by atoms with E-state index in [1.807, 2.05) is 88.4 Å². The van der Waals surface area contributed by atoms with Gasteiger partial charge in [-0.3, -0.25) is 47.8 Å². The van der Waals surface area contributed by atoms with Gasteiger partial charge in [-0.2, -0.15) is 0 Å². The van der Waals surface area contributed by atoms with Crippen molar-refractivity contribution in [2.45, 2.75) is 268 Å². The molecule has 0 spiro atoms. The number of esters is 2. The third kappa shape index (κ3) is 17.5. The smallest absolute Gasteiger partial charge is 0.307 e. The average molecular weight is 1660 g/mol. The summed E-state index contributed by atoms with van der Waals surface area (Å²) in [6, 6.07) is 9.21. The van der Waals surface area contributed by atoms with E-state index >= 15 is 0 Å². The van der Waals surface area contributed by atoms with Crippen molar-refractivity contribution in [2.24, 2.45) is 58.2 Å². The predicted molar refractivity (Wildman–Crippen MR) is 421 cm³/mol. The van der Waals surface area contributed by atoms with Crippen LogP contribution >= 0.6 is 0 Å². The molecule has 632 valence electrons.